The van der Waals surface area contributed by atoms with Crippen LogP contribution in [0, 0.1) is 0 Å². The molecule has 0 fully saturated rings. The van der Waals surface area contributed by atoms with Gasteiger partial charge in [0.05, 0.1) is 23.2 Å². The van der Waals surface area contributed by atoms with E-state index in [1.165, 1.54) is 0 Å². The van der Waals surface area contributed by atoms with Crippen LogP contribution >= 0.6 is 0 Å². The number of hydrogen-bond acceptors (Lipinski definition) is 2. The van der Waals surface area contributed by atoms with Gasteiger partial charge in [0.15, 0.2) is 0 Å². The van der Waals surface area contributed by atoms with Crippen LogP contribution in [0.2, 0.25) is 0 Å². The van der Waals surface area contributed by atoms with Crippen LogP contribution in [-0.2, 0) is 0 Å². The van der Waals surface area contributed by atoms with E-state index in [0.717, 1.165) is 11.1 Å². The zero-order valence-corrected chi connectivity index (χ0v) is 16.1. The summed E-state index contributed by atoms with van der Waals surface area (Å²) in [4.78, 5) is 25.6. The Hall–Kier alpha value is -3.40. The first kappa shape index (κ1) is 19.4. The molecule has 3 aromatic rings. The van der Waals surface area contributed by atoms with Crippen LogP contribution < -0.4 is 10.6 Å². The minimum absolute atomic E-state index is 0.159. The van der Waals surface area contributed by atoms with Gasteiger partial charge < -0.3 is 10.6 Å². The standard InChI is InChI=1S/C24H24N2O2/c1-17(19-11-5-3-6-12-19)25-23(27)21-15-9-10-16-22(21)24(28)26-18(2)20-13-7-4-8-14-20/h3-18H,1-2H3,(H,25,27)(H,26,28)/t17-,18-/m0/s1. The zero-order chi connectivity index (χ0) is 19.9. The minimum atomic E-state index is -0.269. The number of carbonyl (C=O) groups is 2. The maximum atomic E-state index is 12.8. The highest BCUT2D eigenvalue weighted by molar-refractivity contribution is 6.07. The zero-order valence-electron chi connectivity index (χ0n) is 16.1. The third kappa shape index (κ3) is 4.65. The third-order valence-corrected chi connectivity index (χ3v) is 4.71. The van der Waals surface area contributed by atoms with Gasteiger partial charge in [0, 0.05) is 0 Å². The molecule has 0 aliphatic heterocycles. The van der Waals surface area contributed by atoms with Gasteiger partial charge in [-0.15, -0.1) is 0 Å². The van der Waals surface area contributed by atoms with E-state index < -0.39 is 0 Å². The second kappa shape index (κ2) is 9.00. The Morgan fingerprint density at radius 3 is 1.25 bits per heavy atom. The van der Waals surface area contributed by atoms with Crippen molar-refractivity contribution in [3.05, 3.63) is 107 Å². The third-order valence-electron chi connectivity index (χ3n) is 4.71. The van der Waals surface area contributed by atoms with Crippen LogP contribution in [0.1, 0.15) is 57.8 Å². The Morgan fingerprint density at radius 2 is 0.893 bits per heavy atom. The monoisotopic (exact) mass is 372 g/mol. The molecule has 4 heteroatoms. The molecule has 2 amide bonds. The summed E-state index contributed by atoms with van der Waals surface area (Å²) < 4.78 is 0. The summed E-state index contributed by atoms with van der Waals surface area (Å²) in [5.41, 5.74) is 2.75. The Kier molecular flexibility index (Phi) is 6.22. The highest BCUT2D eigenvalue weighted by Gasteiger charge is 2.20. The lowest BCUT2D eigenvalue weighted by Gasteiger charge is -2.18. The molecule has 0 aromatic heterocycles. The largest absolute Gasteiger partial charge is 0.345 e. The Morgan fingerprint density at radius 1 is 0.571 bits per heavy atom. The van der Waals surface area contributed by atoms with Gasteiger partial charge in [-0.05, 0) is 37.1 Å². The van der Waals surface area contributed by atoms with E-state index in [0.29, 0.717) is 11.1 Å². The van der Waals surface area contributed by atoms with Gasteiger partial charge in [-0.3, -0.25) is 9.59 Å². The molecule has 0 aliphatic carbocycles. The van der Waals surface area contributed by atoms with Gasteiger partial charge in [0.25, 0.3) is 11.8 Å². The average Bonchev–Trinajstić information content (AvgIpc) is 2.74. The molecule has 3 rings (SSSR count). The molecule has 0 saturated heterocycles. The van der Waals surface area contributed by atoms with Crippen molar-refractivity contribution in [2.75, 3.05) is 0 Å². The molecule has 0 unspecified atom stereocenters. The maximum Gasteiger partial charge on any atom is 0.252 e. The quantitative estimate of drug-likeness (QED) is 0.661. The minimum Gasteiger partial charge on any atom is -0.345 e. The van der Waals surface area contributed by atoms with E-state index >= 15 is 0 Å². The fraction of sp³-hybridized carbons (Fsp3) is 0.167. The first-order valence-electron chi connectivity index (χ1n) is 9.37. The number of amides is 2. The van der Waals surface area contributed by atoms with Gasteiger partial charge in [0.2, 0.25) is 0 Å². The number of nitrogens with one attached hydrogen (secondary N) is 2. The molecule has 0 bridgehead atoms. The molecule has 4 nitrogen and oxygen atoms in total. The average molecular weight is 372 g/mol. The van der Waals surface area contributed by atoms with E-state index in [2.05, 4.69) is 10.6 Å². The molecule has 2 atom stereocenters. The highest BCUT2D eigenvalue weighted by atomic mass is 16.2. The van der Waals surface area contributed by atoms with E-state index in [-0.39, 0.29) is 23.9 Å². The lowest BCUT2D eigenvalue weighted by molar-refractivity contribution is 0.0905. The first-order chi connectivity index (χ1) is 13.6. The van der Waals surface area contributed by atoms with Crippen molar-refractivity contribution >= 4 is 11.8 Å². The molecule has 0 aliphatic rings. The lowest BCUT2D eigenvalue weighted by Crippen LogP contribution is -2.32. The van der Waals surface area contributed by atoms with Crippen molar-refractivity contribution in [3.63, 3.8) is 0 Å². The summed E-state index contributed by atoms with van der Waals surface area (Å²) in [5.74, 6) is -0.538. The van der Waals surface area contributed by atoms with Crippen LogP contribution in [0.15, 0.2) is 84.9 Å². The predicted molar refractivity (Wildman–Crippen MR) is 111 cm³/mol. The molecule has 28 heavy (non-hydrogen) atoms. The molecule has 2 N–H and O–H groups in total. The van der Waals surface area contributed by atoms with Gasteiger partial charge in [0.1, 0.15) is 0 Å². The summed E-state index contributed by atoms with van der Waals surface area (Å²) in [6.45, 7) is 3.85. The normalized spacial score (nSPS) is 12.6. The van der Waals surface area contributed by atoms with E-state index in [1.807, 2.05) is 74.5 Å². The fourth-order valence-corrected chi connectivity index (χ4v) is 3.08. The van der Waals surface area contributed by atoms with Crippen LogP contribution in [0.4, 0.5) is 0 Å². The van der Waals surface area contributed by atoms with E-state index in [9.17, 15) is 9.59 Å². The number of hydrogen-bond donors (Lipinski definition) is 2. The van der Waals surface area contributed by atoms with Crippen molar-refractivity contribution in [2.45, 2.75) is 25.9 Å². The van der Waals surface area contributed by atoms with Gasteiger partial charge in [-0.25, -0.2) is 0 Å². The summed E-state index contributed by atoms with van der Waals surface area (Å²) in [6, 6.07) is 26.0. The molecule has 0 heterocycles. The molecule has 0 saturated carbocycles. The SMILES string of the molecule is C[C@H](NC(=O)c1ccccc1C(=O)N[C@@H](C)c1ccccc1)c1ccccc1. The highest BCUT2D eigenvalue weighted by Crippen LogP contribution is 2.17. The topological polar surface area (TPSA) is 58.2 Å². The van der Waals surface area contributed by atoms with Crippen molar-refractivity contribution < 1.29 is 9.59 Å². The van der Waals surface area contributed by atoms with Crippen LogP contribution in [-0.4, -0.2) is 11.8 Å². The molecule has 0 radical (unpaired) electrons. The second-order valence-corrected chi connectivity index (χ2v) is 6.76. The number of benzene rings is 3. The second-order valence-electron chi connectivity index (χ2n) is 6.76. The molecule has 0 spiro atoms. The van der Waals surface area contributed by atoms with Crippen molar-refractivity contribution in [1.29, 1.82) is 0 Å². The lowest BCUT2D eigenvalue weighted by atomic mass is 10.0. The van der Waals surface area contributed by atoms with Crippen LogP contribution in [0.5, 0.6) is 0 Å². The van der Waals surface area contributed by atoms with E-state index in [1.54, 1.807) is 24.3 Å². The van der Waals surface area contributed by atoms with Gasteiger partial charge >= 0.3 is 0 Å². The summed E-state index contributed by atoms with van der Waals surface area (Å²) >= 11 is 0. The van der Waals surface area contributed by atoms with Gasteiger partial charge in [-0.1, -0.05) is 72.8 Å². The fourth-order valence-electron chi connectivity index (χ4n) is 3.08. The Labute approximate surface area is 165 Å². The maximum absolute atomic E-state index is 12.8. The first-order valence-corrected chi connectivity index (χ1v) is 9.37. The van der Waals surface area contributed by atoms with Crippen molar-refractivity contribution in [1.82, 2.24) is 10.6 Å². The molecule has 3 aromatic carbocycles. The van der Waals surface area contributed by atoms with Crippen LogP contribution in [0.3, 0.4) is 0 Å². The summed E-state index contributed by atoms with van der Waals surface area (Å²) in [7, 11) is 0. The number of carbonyl (C=O) groups excluding carboxylic acids is 2. The van der Waals surface area contributed by atoms with Gasteiger partial charge in [-0.2, -0.15) is 0 Å². The smallest absolute Gasteiger partial charge is 0.252 e. The van der Waals surface area contributed by atoms with E-state index in [4.69, 9.17) is 0 Å². The summed E-state index contributed by atoms with van der Waals surface area (Å²) in [6.07, 6.45) is 0. The Balaban J connectivity index is 1.75. The van der Waals surface area contributed by atoms with Crippen LogP contribution in [0.25, 0.3) is 0 Å². The Bertz CT molecular complexity index is 861. The number of rotatable bonds is 6. The molecule has 142 valence electrons. The van der Waals surface area contributed by atoms with Crippen molar-refractivity contribution in [3.8, 4) is 0 Å². The summed E-state index contributed by atoms with van der Waals surface area (Å²) in [5, 5.41) is 5.95. The molecular weight excluding hydrogens is 348 g/mol. The van der Waals surface area contributed by atoms with Crippen molar-refractivity contribution in [2.24, 2.45) is 0 Å². The molecular formula is C24H24N2O2. The predicted octanol–water partition coefficient (Wildman–Crippen LogP) is 4.67.